The molecule has 0 atom stereocenters. The van der Waals surface area contributed by atoms with Crippen molar-refractivity contribution < 1.29 is 4.79 Å². The SMILES string of the molecule is CN(CC(N)=O)Cc1nc(NN)c2cnn(C)c2n1. The topological polar surface area (TPSA) is 128 Å². The van der Waals surface area contributed by atoms with Crippen LogP contribution in [0.1, 0.15) is 5.82 Å². The van der Waals surface area contributed by atoms with Gasteiger partial charge < -0.3 is 11.2 Å². The largest absolute Gasteiger partial charge is 0.369 e. The molecule has 0 aliphatic rings. The highest BCUT2D eigenvalue weighted by molar-refractivity contribution is 5.86. The monoisotopic (exact) mass is 264 g/mol. The highest BCUT2D eigenvalue weighted by atomic mass is 16.1. The van der Waals surface area contributed by atoms with Gasteiger partial charge in [0.05, 0.1) is 24.7 Å². The number of amides is 1. The maximum absolute atomic E-state index is 10.8. The number of hydrazine groups is 1. The van der Waals surface area contributed by atoms with Crippen molar-refractivity contribution in [3.8, 4) is 0 Å². The summed E-state index contributed by atoms with van der Waals surface area (Å²) in [6.07, 6.45) is 1.64. The number of likely N-dealkylation sites (N-methyl/N-ethyl adjacent to an activating group) is 1. The number of fused-ring (bicyclic) bond motifs is 1. The molecule has 2 aromatic heterocycles. The highest BCUT2D eigenvalue weighted by Crippen LogP contribution is 2.18. The molecule has 0 aromatic carbocycles. The molecule has 5 N–H and O–H groups in total. The number of nitrogens with zero attached hydrogens (tertiary/aromatic N) is 5. The van der Waals surface area contributed by atoms with Crippen LogP contribution in [-0.2, 0) is 18.4 Å². The van der Waals surface area contributed by atoms with Crippen molar-refractivity contribution in [2.45, 2.75) is 6.54 Å². The second kappa shape index (κ2) is 5.16. The van der Waals surface area contributed by atoms with Gasteiger partial charge in [-0.25, -0.2) is 15.8 Å². The van der Waals surface area contributed by atoms with Crippen LogP contribution in [0.4, 0.5) is 5.82 Å². The molecule has 102 valence electrons. The fraction of sp³-hybridized carbons (Fsp3) is 0.400. The van der Waals surface area contributed by atoms with Crippen LogP contribution in [0.15, 0.2) is 6.20 Å². The van der Waals surface area contributed by atoms with Gasteiger partial charge in [-0.1, -0.05) is 0 Å². The Morgan fingerprint density at radius 1 is 1.53 bits per heavy atom. The van der Waals surface area contributed by atoms with Crippen LogP contribution in [0.25, 0.3) is 11.0 Å². The number of hydrogen-bond donors (Lipinski definition) is 3. The second-order valence-corrected chi connectivity index (χ2v) is 4.28. The fourth-order valence-electron chi connectivity index (χ4n) is 1.81. The number of carbonyl (C=O) groups excluding carboxylic acids is 1. The third-order valence-corrected chi connectivity index (χ3v) is 2.61. The van der Waals surface area contributed by atoms with Crippen LogP contribution in [0.2, 0.25) is 0 Å². The summed E-state index contributed by atoms with van der Waals surface area (Å²) in [7, 11) is 3.55. The summed E-state index contributed by atoms with van der Waals surface area (Å²) in [6, 6.07) is 0. The van der Waals surface area contributed by atoms with E-state index >= 15 is 0 Å². The zero-order valence-electron chi connectivity index (χ0n) is 10.8. The molecule has 0 saturated carbocycles. The lowest BCUT2D eigenvalue weighted by atomic mass is 10.3. The Hall–Kier alpha value is -2.26. The van der Waals surface area contributed by atoms with Gasteiger partial charge in [-0.15, -0.1) is 0 Å². The number of nitrogens with one attached hydrogen (secondary N) is 1. The van der Waals surface area contributed by atoms with Crippen molar-refractivity contribution in [2.75, 3.05) is 19.0 Å². The van der Waals surface area contributed by atoms with Crippen molar-refractivity contribution >= 4 is 22.8 Å². The lowest BCUT2D eigenvalue weighted by molar-refractivity contribution is -0.118. The smallest absolute Gasteiger partial charge is 0.231 e. The fourth-order valence-corrected chi connectivity index (χ4v) is 1.81. The summed E-state index contributed by atoms with van der Waals surface area (Å²) < 4.78 is 1.63. The molecule has 1 amide bonds. The Kier molecular flexibility index (Phi) is 3.58. The van der Waals surface area contributed by atoms with E-state index in [1.54, 1.807) is 29.9 Å². The molecule has 2 rings (SSSR count). The minimum absolute atomic E-state index is 0.137. The first-order valence-electron chi connectivity index (χ1n) is 5.63. The van der Waals surface area contributed by atoms with E-state index in [0.717, 1.165) is 5.39 Å². The number of anilines is 1. The lowest BCUT2D eigenvalue weighted by Gasteiger charge is -2.14. The molecule has 0 aliphatic heterocycles. The molecule has 2 aromatic rings. The highest BCUT2D eigenvalue weighted by Gasteiger charge is 2.12. The number of nitrogen functional groups attached to an aromatic ring is 1. The number of aryl methyl sites for hydroxylation is 1. The Morgan fingerprint density at radius 2 is 2.26 bits per heavy atom. The van der Waals surface area contributed by atoms with Crippen LogP contribution >= 0.6 is 0 Å². The number of aromatic nitrogens is 4. The first kappa shape index (κ1) is 13.2. The van der Waals surface area contributed by atoms with E-state index in [1.807, 2.05) is 0 Å². The quantitative estimate of drug-likeness (QED) is 0.446. The molecular formula is C10H16N8O. The maximum atomic E-state index is 10.8. The van der Waals surface area contributed by atoms with E-state index in [9.17, 15) is 4.79 Å². The van der Waals surface area contributed by atoms with E-state index in [2.05, 4.69) is 20.5 Å². The molecule has 2 heterocycles. The standard InChI is InChI=1S/C10H16N8O/c1-17(4-7(11)19)5-8-14-9(16-12)6-3-13-18(2)10(6)15-8/h3H,4-5,12H2,1-2H3,(H2,11,19)(H,14,15,16). The molecule has 19 heavy (non-hydrogen) atoms. The molecule has 0 unspecified atom stereocenters. The molecule has 9 heteroatoms. The van der Waals surface area contributed by atoms with Crippen LogP contribution in [-0.4, -0.2) is 44.1 Å². The predicted octanol–water partition coefficient (Wildman–Crippen LogP) is -1.43. The summed E-state index contributed by atoms with van der Waals surface area (Å²) in [5.74, 6) is 6.07. The molecule has 0 fully saturated rings. The molecular weight excluding hydrogens is 248 g/mol. The van der Waals surface area contributed by atoms with E-state index in [1.165, 1.54) is 0 Å². The van der Waals surface area contributed by atoms with Gasteiger partial charge in [0.25, 0.3) is 0 Å². The maximum Gasteiger partial charge on any atom is 0.231 e. The van der Waals surface area contributed by atoms with Gasteiger partial charge in [0.1, 0.15) is 5.82 Å². The zero-order chi connectivity index (χ0) is 14.0. The number of carbonyl (C=O) groups is 1. The lowest BCUT2D eigenvalue weighted by Crippen LogP contribution is -2.31. The van der Waals surface area contributed by atoms with Crippen molar-refractivity contribution in [1.29, 1.82) is 0 Å². The first-order valence-corrected chi connectivity index (χ1v) is 5.63. The van der Waals surface area contributed by atoms with E-state index in [-0.39, 0.29) is 6.54 Å². The summed E-state index contributed by atoms with van der Waals surface area (Å²) in [4.78, 5) is 21.2. The van der Waals surface area contributed by atoms with Crippen LogP contribution < -0.4 is 17.0 Å². The van der Waals surface area contributed by atoms with Gasteiger partial charge in [0, 0.05) is 7.05 Å². The van der Waals surface area contributed by atoms with Crippen LogP contribution in [0.3, 0.4) is 0 Å². The van der Waals surface area contributed by atoms with Gasteiger partial charge in [-0.2, -0.15) is 5.10 Å². The van der Waals surface area contributed by atoms with Crippen molar-refractivity contribution in [2.24, 2.45) is 18.6 Å². The zero-order valence-corrected chi connectivity index (χ0v) is 10.8. The Morgan fingerprint density at radius 3 is 2.89 bits per heavy atom. The van der Waals surface area contributed by atoms with E-state index < -0.39 is 5.91 Å². The average molecular weight is 264 g/mol. The number of primary amides is 1. The van der Waals surface area contributed by atoms with E-state index in [4.69, 9.17) is 11.6 Å². The second-order valence-electron chi connectivity index (χ2n) is 4.28. The summed E-state index contributed by atoms with van der Waals surface area (Å²) in [5.41, 5.74) is 8.33. The predicted molar refractivity (Wildman–Crippen MR) is 69.6 cm³/mol. The number of rotatable bonds is 5. The van der Waals surface area contributed by atoms with Crippen molar-refractivity contribution in [1.82, 2.24) is 24.6 Å². The molecule has 0 radical (unpaired) electrons. The Balaban J connectivity index is 2.33. The molecule has 0 aliphatic carbocycles. The molecule has 0 saturated heterocycles. The normalized spacial score (nSPS) is 11.2. The molecule has 0 bridgehead atoms. The summed E-state index contributed by atoms with van der Waals surface area (Å²) >= 11 is 0. The first-order chi connectivity index (χ1) is 9.01. The number of nitrogens with two attached hydrogens (primary N) is 2. The minimum Gasteiger partial charge on any atom is -0.369 e. The van der Waals surface area contributed by atoms with Crippen LogP contribution in [0.5, 0.6) is 0 Å². The van der Waals surface area contributed by atoms with Gasteiger partial charge >= 0.3 is 0 Å². The van der Waals surface area contributed by atoms with Crippen molar-refractivity contribution in [3.63, 3.8) is 0 Å². The molecule has 0 spiro atoms. The minimum atomic E-state index is -0.402. The summed E-state index contributed by atoms with van der Waals surface area (Å²) in [6.45, 7) is 0.525. The average Bonchev–Trinajstić information content (AvgIpc) is 2.69. The Bertz CT molecular complexity index is 607. The van der Waals surface area contributed by atoms with Gasteiger partial charge in [0.2, 0.25) is 5.91 Å². The van der Waals surface area contributed by atoms with Gasteiger partial charge in [0.15, 0.2) is 11.5 Å². The van der Waals surface area contributed by atoms with Gasteiger partial charge in [-0.05, 0) is 7.05 Å². The Labute approximate surface area is 109 Å². The van der Waals surface area contributed by atoms with Gasteiger partial charge in [-0.3, -0.25) is 14.4 Å². The van der Waals surface area contributed by atoms with Crippen LogP contribution in [0, 0.1) is 0 Å². The summed E-state index contributed by atoms with van der Waals surface area (Å²) in [5, 5.41) is 4.85. The van der Waals surface area contributed by atoms with E-state index in [0.29, 0.717) is 23.8 Å². The third kappa shape index (κ3) is 2.77. The third-order valence-electron chi connectivity index (χ3n) is 2.61. The molecule has 9 nitrogen and oxygen atoms in total. The van der Waals surface area contributed by atoms with Crippen molar-refractivity contribution in [3.05, 3.63) is 12.0 Å². The number of hydrogen-bond acceptors (Lipinski definition) is 7.